The molecule has 0 amide bonds. The van der Waals surface area contributed by atoms with Gasteiger partial charge in [-0.25, -0.2) is 14.6 Å². The van der Waals surface area contributed by atoms with Crippen molar-refractivity contribution in [3.05, 3.63) is 48.3 Å². The molecule has 0 spiro atoms. The van der Waals surface area contributed by atoms with Crippen LogP contribution in [0, 0.1) is 0 Å². The fraction of sp³-hybridized carbons (Fsp3) is 0.316. The Hall–Kier alpha value is -3.13. The Morgan fingerprint density at radius 3 is 3.07 bits per heavy atom. The molecular formula is C19H20N8. The molecule has 1 aromatic carbocycles. The molecule has 1 atom stereocenters. The van der Waals surface area contributed by atoms with Gasteiger partial charge in [0.05, 0.1) is 18.3 Å². The molecule has 4 heterocycles. The van der Waals surface area contributed by atoms with Crippen molar-refractivity contribution in [2.24, 2.45) is 5.73 Å². The number of piperidine rings is 1. The third-order valence-electron chi connectivity index (χ3n) is 5.00. The van der Waals surface area contributed by atoms with Crippen LogP contribution in [0.1, 0.15) is 18.4 Å². The summed E-state index contributed by atoms with van der Waals surface area (Å²) in [6.45, 7) is 2.34. The number of nitrogens with two attached hydrogens (primary N) is 1. The Morgan fingerprint density at radius 1 is 1.19 bits per heavy atom. The lowest BCUT2D eigenvalue weighted by Gasteiger charge is -2.31. The summed E-state index contributed by atoms with van der Waals surface area (Å²) in [4.78, 5) is 15.8. The SMILES string of the molecule is NC1CCCN(c2cnc3nnn(Cc4ccc5ncccc5c4)c3n2)C1. The standard InChI is InChI=1S/C19H20N8/c20-15-4-2-8-26(12-15)17-10-22-18-19(23-17)27(25-24-18)11-13-5-6-16-14(9-13)3-1-7-21-16/h1,3,5-7,9-10,15H,2,4,8,11-12,20H2. The van der Waals surface area contributed by atoms with Crippen molar-refractivity contribution in [2.75, 3.05) is 18.0 Å². The van der Waals surface area contributed by atoms with E-state index < -0.39 is 0 Å². The number of benzene rings is 1. The van der Waals surface area contributed by atoms with E-state index in [1.807, 2.05) is 12.1 Å². The Bertz CT molecular complexity index is 1110. The monoisotopic (exact) mass is 360 g/mol. The summed E-state index contributed by atoms with van der Waals surface area (Å²) in [5, 5.41) is 9.52. The van der Waals surface area contributed by atoms with Gasteiger partial charge in [0.1, 0.15) is 5.82 Å². The van der Waals surface area contributed by atoms with Crippen molar-refractivity contribution in [3.8, 4) is 0 Å². The predicted octanol–water partition coefficient (Wildman–Crippen LogP) is 1.75. The van der Waals surface area contributed by atoms with E-state index in [9.17, 15) is 0 Å². The zero-order chi connectivity index (χ0) is 18.2. The average molecular weight is 360 g/mol. The lowest BCUT2D eigenvalue weighted by Crippen LogP contribution is -2.43. The molecular weight excluding hydrogens is 340 g/mol. The molecule has 5 rings (SSSR count). The van der Waals surface area contributed by atoms with Crippen molar-refractivity contribution in [1.29, 1.82) is 0 Å². The normalized spacial score (nSPS) is 17.7. The van der Waals surface area contributed by atoms with Crippen LogP contribution in [0.2, 0.25) is 0 Å². The third kappa shape index (κ3) is 3.08. The molecule has 0 saturated carbocycles. The predicted molar refractivity (Wildman–Crippen MR) is 103 cm³/mol. The van der Waals surface area contributed by atoms with Crippen LogP contribution in [-0.2, 0) is 6.54 Å². The second-order valence-electron chi connectivity index (χ2n) is 7.00. The van der Waals surface area contributed by atoms with E-state index in [1.165, 1.54) is 0 Å². The highest BCUT2D eigenvalue weighted by molar-refractivity contribution is 5.79. The highest BCUT2D eigenvalue weighted by Gasteiger charge is 2.19. The highest BCUT2D eigenvalue weighted by Crippen LogP contribution is 2.20. The first-order valence-electron chi connectivity index (χ1n) is 9.17. The number of fused-ring (bicyclic) bond motifs is 2. The number of pyridine rings is 1. The summed E-state index contributed by atoms with van der Waals surface area (Å²) in [7, 11) is 0. The van der Waals surface area contributed by atoms with Crippen LogP contribution in [-0.4, -0.2) is 49.1 Å². The van der Waals surface area contributed by atoms with Crippen LogP contribution in [0.25, 0.3) is 22.2 Å². The van der Waals surface area contributed by atoms with E-state index in [-0.39, 0.29) is 6.04 Å². The van der Waals surface area contributed by atoms with Gasteiger partial charge < -0.3 is 10.6 Å². The van der Waals surface area contributed by atoms with Crippen molar-refractivity contribution in [2.45, 2.75) is 25.4 Å². The molecule has 8 nitrogen and oxygen atoms in total. The van der Waals surface area contributed by atoms with Gasteiger partial charge in [-0.2, -0.15) is 0 Å². The molecule has 4 aromatic rings. The van der Waals surface area contributed by atoms with Gasteiger partial charge in [-0.05, 0) is 36.6 Å². The first kappa shape index (κ1) is 16.1. The maximum Gasteiger partial charge on any atom is 0.221 e. The second kappa shape index (κ2) is 6.55. The van der Waals surface area contributed by atoms with E-state index in [0.717, 1.165) is 48.2 Å². The minimum absolute atomic E-state index is 0.186. The minimum Gasteiger partial charge on any atom is -0.354 e. The molecule has 8 heteroatoms. The summed E-state index contributed by atoms with van der Waals surface area (Å²) in [5.41, 5.74) is 9.46. The minimum atomic E-state index is 0.186. The third-order valence-corrected chi connectivity index (χ3v) is 5.00. The largest absolute Gasteiger partial charge is 0.354 e. The van der Waals surface area contributed by atoms with Gasteiger partial charge in [-0.15, -0.1) is 5.10 Å². The molecule has 1 unspecified atom stereocenters. The Balaban J connectivity index is 1.48. The van der Waals surface area contributed by atoms with Crippen LogP contribution in [0.4, 0.5) is 5.82 Å². The number of rotatable bonds is 3. The molecule has 0 bridgehead atoms. The van der Waals surface area contributed by atoms with Gasteiger partial charge in [0.25, 0.3) is 0 Å². The van der Waals surface area contributed by atoms with Crippen molar-refractivity contribution in [1.82, 2.24) is 29.9 Å². The van der Waals surface area contributed by atoms with Gasteiger partial charge in [-0.1, -0.05) is 17.3 Å². The molecule has 27 heavy (non-hydrogen) atoms. The smallest absolute Gasteiger partial charge is 0.221 e. The van der Waals surface area contributed by atoms with Crippen LogP contribution in [0.3, 0.4) is 0 Å². The van der Waals surface area contributed by atoms with E-state index in [0.29, 0.717) is 17.8 Å². The molecule has 1 fully saturated rings. The summed E-state index contributed by atoms with van der Waals surface area (Å²) in [6, 6.07) is 10.4. The second-order valence-corrected chi connectivity index (χ2v) is 7.00. The summed E-state index contributed by atoms with van der Waals surface area (Å²) in [5.74, 6) is 0.837. The Morgan fingerprint density at radius 2 is 2.15 bits per heavy atom. The number of anilines is 1. The molecule has 1 saturated heterocycles. The number of hydrogen-bond donors (Lipinski definition) is 1. The van der Waals surface area contributed by atoms with Crippen molar-refractivity contribution in [3.63, 3.8) is 0 Å². The maximum atomic E-state index is 6.11. The Labute approximate surface area is 156 Å². The van der Waals surface area contributed by atoms with Gasteiger partial charge in [0, 0.05) is 30.7 Å². The van der Waals surface area contributed by atoms with Gasteiger partial charge >= 0.3 is 0 Å². The van der Waals surface area contributed by atoms with Crippen LogP contribution in [0.5, 0.6) is 0 Å². The fourth-order valence-electron chi connectivity index (χ4n) is 3.62. The van der Waals surface area contributed by atoms with E-state index in [1.54, 1.807) is 17.1 Å². The maximum absolute atomic E-state index is 6.11. The Kier molecular flexibility index (Phi) is 3.90. The fourth-order valence-corrected chi connectivity index (χ4v) is 3.62. The number of aromatic nitrogens is 6. The summed E-state index contributed by atoms with van der Waals surface area (Å²) < 4.78 is 1.80. The van der Waals surface area contributed by atoms with Crippen molar-refractivity contribution >= 4 is 28.0 Å². The van der Waals surface area contributed by atoms with Gasteiger partial charge in [0.2, 0.25) is 5.65 Å². The quantitative estimate of drug-likeness (QED) is 0.594. The molecule has 0 radical (unpaired) electrons. The van der Waals surface area contributed by atoms with E-state index in [4.69, 9.17) is 10.7 Å². The van der Waals surface area contributed by atoms with Gasteiger partial charge in [-0.3, -0.25) is 4.98 Å². The zero-order valence-electron chi connectivity index (χ0n) is 14.9. The molecule has 1 aliphatic rings. The topological polar surface area (TPSA) is 98.6 Å². The van der Waals surface area contributed by atoms with Crippen LogP contribution >= 0.6 is 0 Å². The summed E-state index contributed by atoms with van der Waals surface area (Å²) >= 11 is 0. The van der Waals surface area contributed by atoms with Crippen molar-refractivity contribution < 1.29 is 0 Å². The average Bonchev–Trinajstić information content (AvgIpc) is 3.10. The first-order valence-corrected chi connectivity index (χ1v) is 9.17. The lowest BCUT2D eigenvalue weighted by atomic mass is 10.1. The lowest BCUT2D eigenvalue weighted by molar-refractivity contribution is 0.503. The van der Waals surface area contributed by atoms with Crippen LogP contribution < -0.4 is 10.6 Å². The van der Waals surface area contributed by atoms with Gasteiger partial charge in [0.15, 0.2) is 5.65 Å². The molecule has 2 N–H and O–H groups in total. The number of hydrogen-bond acceptors (Lipinski definition) is 7. The molecule has 0 aliphatic carbocycles. The van der Waals surface area contributed by atoms with E-state index >= 15 is 0 Å². The first-order chi connectivity index (χ1) is 13.3. The zero-order valence-corrected chi connectivity index (χ0v) is 14.9. The van der Waals surface area contributed by atoms with E-state index in [2.05, 4.69) is 43.4 Å². The molecule has 1 aliphatic heterocycles. The highest BCUT2D eigenvalue weighted by atomic mass is 15.5. The molecule has 136 valence electrons. The number of nitrogens with zero attached hydrogens (tertiary/aromatic N) is 7. The van der Waals surface area contributed by atoms with Crippen LogP contribution in [0.15, 0.2) is 42.7 Å². The molecule has 3 aromatic heterocycles. The summed E-state index contributed by atoms with van der Waals surface area (Å²) in [6.07, 6.45) is 5.70.